The Kier molecular flexibility index (Phi) is 4.50. The number of hydrogen-bond donors (Lipinski definition) is 1. The summed E-state index contributed by atoms with van der Waals surface area (Å²) < 4.78 is 10.5. The molecule has 3 rings (SSSR count). The number of piperidine rings is 1. The van der Waals surface area contributed by atoms with Crippen molar-refractivity contribution in [3.8, 4) is 5.75 Å². The van der Waals surface area contributed by atoms with Gasteiger partial charge in [0.1, 0.15) is 17.4 Å². The molecule has 0 bridgehead atoms. The topological polar surface area (TPSA) is 97.0 Å². The van der Waals surface area contributed by atoms with E-state index in [1.807, 2.05) is 0 Å². The Morgan fingerprint density at radius 3 is 2.83 bits per heavy atom. The van der Waals surface area contributed by atoms with Gasteiger partial charge in [0.15, 0.2) is 6.61 Å². The largest absolute Gasteiger partial charge is 0.484 e. The van der Waals surface area contributed by atoms with Crippen molar-refractivity contribution in [1.29, 1.82) is 0 Å². The average Bonchev–Trinajstić information content (AvgIpc) is 2.59. The van der Waals surface area contributed by atoms with Gasteiger partial charge in [-0.05, 0) is 37.5 Å². The lowest BCUT2D eigenvalue weighted by Crippen LogP contribution is -2.49. The number of rotatable bonds is 4. The Bertz CT molecular complexity index is 827. The summed E-state index contributed by atoms with van der Waals surface area (Å²) in [4.78, 5) is 36.1. The van der Waals surface area contributed by atoms with Crippen LogP contribution in [0.1, 0.15) is 19.3 Å². The summed E-state index contributed by atoms with van der Waals surface area (Å²) in [5.74, 6) is -0.971. The van der Waals surface area contributed by atoms with E-state index in [0.717, 1.165) is 18.2 Å². The summed E-state index contributed by atoms with van der Waals surface area (Å²) in [6.07, 6.45) is 2.05. The number of likely N-dealkylation sites (tertiary alicyclic amines) is 1. The lowest BCUT2D eigenvalue weighted by molar-refractivity contribution is -0.152. The van der Waals surface area contributed by atoms with Crippen LogP contribution in [0.15, 0.2) is 39.5 Å². The predicted octanol–water partition coefficient (Wildman–Crippen LogP) is 1.64. The van der Waals surface area contributed by atoms with Crippen LogP contribution >= 0.6 is 0 Å². The van der Waals surface area contributed by atoms with Gasteiger partial charge in [0.25, 0.3) is 5.91 Å². The zero-order chi connectivity index (χ0) is 17.1. The van der Waals surface area contributed by atoms with Gasteiger partial charge in [0.05, 0.1) is 0 Å². The fourth-order valence-electron chi connectivity index (χ4n) is 2.85. The van der Waals surface area contributed by atoms with Crippen LogP contribution in [0.25, 0.3) is 11.0 Å². The molecule has 2 aromatic rings. The monoisotopic (exact) mass is 331 g/mol. The summed E-state index contributed by atoms with van der Waals surface area (Å²) in [7, 11) is 0. The second-order valence-corrected chi connectivity index (χ2v) is 5.68. The Labute approximate surface area is 137 Å². The Morgan fingerprint density at radius 1 is 1.25 bits per heavy atom. The molecule has 24 heavy (non-hydrogen) atoms. The standard InChI is InChI=1S/C17H17NO6/c19-15(18-8-2-1-3-13(18)17(21)22)10-23-12-6-4-11-5-7-16(20)24-14(11)9-12/h4-7,9,13H,1-3,8,10H2,(H,21,22). The first-order valence-electron chi connectivity index (χ1n) is 7.73. The van der Waals surface area contributed by atoms with Crippen LogP contribution in [0.3, 0.4) is 0 Å². The van der Waals surface area contributed by atoms with Crippen molar-refractivity contribution >= 4 is 22.8 Å². The van der Waals surface area contributed by atoms with Crippen molar-refractivity contribution in [2.75, 3.05) is 13.2 Å². The second kappa shape index (κ2) is 6.74. The minimum Gasteiger partial charge on any atom is -0.484 e. The number of amides is 1. The van der Waals surface area contributed by atoms with Gasteiger partial charge in [-0.3, -0.25) is 4.79 Å². The highest BCUT2D eigenvalue weighted by Gasteiger charge is 2.31. The normalized spacial score (nSPS) is 17.7. The highest BCUT2D eigenvalue weighted by atomic mass is 16.5. The quantitative estimate of drug-likeness (QED) is 0.856. The molecule has 7 nitrogen and oxygen atoms in total. The molecular formula is C17H17NO6. The highest BCUT2D eigenvalue weighted by Crippen LogP contribution is 2.21. The van der Waals surface area contributed by atoms with E-state index in [-0.39, 0.29) is 12.5 Å². The molecule has 0 saturated carbocycles. The molecule has 0 radical (unpaired) electrons. The van der Waals surface area contributed by atoms with E-state index >= 15 is 0 Å². The number of ether oxygens (including phenoxy) is 1. The molecule has 1 N–H and O–H groups in total. The molecule has 1 aliphatic rings. The van der Waals surface area contributed by atoms with Gasteiger partial charge >= 0.3 is 11.6 Å². The summed E-state index contributed by atoms with van der Waals surface area (Å²) in [5.41, 5.74) is -0.0952. The molecule has 7 heteroatoms. The minimum atomic E-state index is -0.990. The maximum Gasteiger partial charge on any atom is 0.336 e. The molecule has 2 heterocycles. The zero-order valence-corrected chi connectivity index (χ0v) is 12.9. The number of carbonyl (C=O) groups is 2. The van der Waals surface area contributed by atoms with Crippen LogP contribution in [0, 0.1) is 0 Å². The Balaban J connectivity index is 1.69. The molecule has 1 amide bonds. The van der Waals surface area contributed by atoms with E-state index in [1.54, 1.807) is 18.2 Å². The molecule has 0 aliphatic carbocycles. The lowest BCUT2D eigenvalue weighted by atomic mass is 10.0. The molecule has 1 fully saturated rings. The third-order valence-corrected chi connectivity index (χ3v) is 4.07. The fraction of sp³-hybridized carbons (Fsp3) is 0.353. The number of carboxylic acid groups (broad SMARTS) is 1. The summed E-state index contributed by atoms with van der Waals surface area (Å²) in [5, 5.41) is 9.96. The second-order valence-electron chi connectivity index (χ2n) is 5.68. The number of aliphatic carboxylic acids is 1. The van der Waals surface area contributed by atoms with Crippen molar-refractivity contribution in [3.05, 3.63) is 40.8 Å². The molecule has 1 saturated heterocycles. The number of hydrogen-bond acceptors (Lipinski definition) is 5. The number of fused-ring (bicyclic) bond motifs is 1. The van der Waals surface area contributed by atoms with Crippen LogP contribution in [-0.4, -0.2) is 41.1 Å². The van der Waals surface area contributed by atoms with Gasteiger partial charge in [-0.15, -0.1) is 0 Å². The van der Waals surface area contributed by atoms with Crippen LogP contribution < -0.4 is 10.4 Å². The third kappa shape index (κ3) is 3.40. The molecule has 1 aromatic heterocycles. The Hall–Kier alpha value is -2.83. The van der Waals surface area contributed by atoms with Crippen LogP contribution in [0.4, 0.5) is 0 Å². The van der Waals surface area contributed by atoms with Gasteiger partial charge in [-0.25, -0.2) is 9.59 Å². The van der Waals surface area contributed by atoms with E-state index in [9.17, 15) is 19.5 Å². The van der Waals surface area contributed by atoms with Gasteiger partial charge in [-0.1, -0.05) is 0 Å². The number of benzene rings is 1. The van der Waals surface area contributed by atoms with Crippen molar-refractivity contribution in [2.24, 2.45) is 0 Å². The van der Waals surface area contributed by atoms with Crippen LogP contribution in [0.5, 0.6) is 5.75 Å². The summed E-state index contributed by atoms with van der Waals surface area (Å²) in [6.45, 7) is 0.165. The van der Waals surface area contributed by atoms with Crippen LogP contribution in [-0.2, 0) is 9.59 Å². The van der Waals surface area contributed by atoms with E-state index in [0.29, 0.717) is 24.3 Å². The Morgan fingerprint density at radius 2 is 2.04 bits per heavy atom. The smallest absolute Gasteiger partial charge is 0.336 e. The molecule has 1 atom stereocenters. The van der Waals surface area contributed by atoms with E-state index < -0.39 is 17.6 Å². The highest BCUT2D eigenvalue weighted by molar-refractivity contribution is 5.85. The molecular weight excluding hydrogens is 314 g/mol. The van der Waals surface area contributed by atoms with E-state index in [2.05, 4.69) is 0 Å². The zero-order valence-electron chi connectivity index (χ0n) is 12.9. The lowest BCUT2D eigenvalue weighted by Gasteiger charge is -2.32. The van der Waals surface area contributed by atoms with Crippen LogP contribution in [0.2, 0.25) is 0 Å². The first-order valence-corrected chi connectivity index (χ1v) is 7.73. The first-order chi connectivity index (χ1) is 11.5. The van der Waals surface area contributed by atoms with Gasteiger partial charge in [0, 0.05) is 24.1 Å². The van der Waals surface area contributed by atoms with E-state index in [4.69, 9.17) is 9.15 Å². The third-order valence-electron chi connectivity index (χ3n) is 4.07. The van der Waals surface area contributed by atoms with Crippen molar-refractivity contribution in [1.82, 2.24) is 4.90 Å². The molecule has 1 unspecified atom stereocenters. The average molecular weight is 331 g/mol. The molecule has 126 valence electrons. The molecule has 0 spiro atoms. The first kappa shape index (κ1) is 16.0. The fourth-order valence-corrected chi connectivity index (χ4v) is 2.85. The minimum absolute atomic E-state index is 0.258. The molecule has 1 aliphatic heterocycles. The van der Waals surface area contributed by atoms with Gasteiger partial charge in [-0.2, -0.15) is 0 Å². The van der Waals surface area contributed by atoms with E-state index in [1.165, 1.54) is 17.0 Å². The number of nitrogens with zero attached hydrogens (tertiary/aromatic N) is 1. The SMILES string of the molecule is O=C(O)C1CCCCN1C(=O)COc1ccc2ccc(=O)oc2c1. The van der Waals surface area contributed by atoms with Crippen molar-refractivity contribution in [2.45, 2.75) is 25.3 Å². The molecule has 1 aromatic carbocycles. The summed E-state index contributed by atoms with van der Waals surface area (Å²) >= 11 is 0. The van der Waals surface area contributed by atoms with Crippen molar-refractivity contribution < 1.29 is 23.8 Å². The van der Waals surface area contributed by atoms with Gasteiger partial charge < -0.3 is 19.2 Å². The predicted molar refractivity (Wildman–Crippen MR) is 85.0 cm³/mol. The maximum atomic E-state index is 12.3. The maximum absolute atomic E-state index is 12.3. The summed E-state index contributed by atoms with van der Waals surface area (Å²) in [6, 6.07) is 7.11. The number of carbonyl (C=O) groups excluding carboxylic acids is 1. The van der Waals surface area contributed by atoms with Gasteiger partial charge in [0.2, 0.25) is 0 Å². The van der Waals surface area contributed by atoms with Crippen molar-refractivity contribution in [3.63, 3.8) is 0 Å². The number of carboxylic acids is 1.